The van der Waals surface area contributed by atoms with Gasteiger partial charge in [0.1, 0.15) is 5.82 Å². The number of pyridine rings is 1. The standard InChI is InChI=1S/C23H27N3O3/c1-16-9-12-24-19(15-16)25-21(27)20-17-7-3-4-8-18(17)22(28)26(13-14-29-2)23(20)10-5-6-11-23/h3-4,7-9,12,15,20H,5-6,10-11,13-14H2,1-2H3,(H,24,25,27). The monoisotopic (exact) mass is 393 g/mol. The molecule has 2 aliphatic rings. The third-order valence-electron chi connectivity index (χ3n) is 6.24. The van der Waals surface area contributed by atoms with E-state index in [0.29, 0.717) is 24.5 Å². The van der Waals surface area contributed by atoms with E-state index in [-0.39, 0.29) is 11.8 Å². The van der Waals surface area contributed by atoms with Gasteiger partial charge >= 0.3 is 0 Å². The van der Waals surface area contributed by atoms with Gasteiger partial charge in [0.15, 0.2) is 0 Å². The number of nitrogens with zero attached hydrogens (tertiary/aromatic N) is 2. The Morgan fingerprint density at radius 2 is 2.03 bits per heavy atom. The number of fused-ring (bicyclic) bond motifs is 1. The molecule has 1 aliphatic heterocycles. The average Bonchev–Trinajstić information content (AvgIpc) is 3.18. The summed E-state index contributed by atoms with van der Waals surface area (Å²) in [6.45, 7) is 2.90. The second kappa shape index (κ2) is 7.95. The molecule has 2 heterocycles. The predicted molar refractivity (Wildman–Crippen MR) is 111 cm³/mol. The van der Waals surface area contributed by atoms with Crippen molar-refractivity contribution in [1.29, 1.82) is 0 Å². The summed E-state index contributed by atoms with van der Waals surface area (Å²) in [5.41, 5.74) is 1.95. The van der Waals surface area contributed by atoms with E-state index >= 15 is 0 Å². The zero-order valence-corrected chi connectivity index (χ0v) is 17.0. The van der Waals surface area contributed by atoms with E-state index < -0.39 is 11.5 Å². The zero-order chi connectivity index (χ0) is 20.4. The second-order valence-electron chi connectivity index (χ2n) is 7.99. The highest BCUT2D eigenvalue weighted by molar-refractivity contribution is 6.05. The molecule has 1 N–H and O–H groups in total. The van der Waals surface area contributed by atoms with E-state index in [2.05, 4.69) is 10.3 Å². The first-order valence-electron chi connectivity index (χ1n) is 10.2. The van der Waals surface area contributed by atoms with Gasteiger partial charge in [-0.25, -0.2) is 4.98 Å². The molecular weight excluding hydrogens is 366 g/mol. The first-order chi connectivity index (χ1) is 14.1. The molecule has 29 heavy (non-hydrogen) atoms. The summed E-state index contributed by atoms with van der Waals surface area (Å²) in [5.74, 6) is 0.00341. The maximum Gasteiger partial charge on any atom is 0.254 e. The lowest BCUT2D eigenvalue weighted by atomic mass is 9.71. The van der Waals surface area contributed by atoms with E-state index in [1.165, 1.54) is 0 Å². The Morgan fingerprint density at radius 1 is 1.28 bits per heavy atom. The number of nitrogens with one attached hydrogen (secondary N) is 1. The third kappa shape index (κ3) is 3.42. The van der Waals surface area contributed by atoms with Gasteiger partial charge in [-0.3, -0.25) is 9.59 Å². The lowest BCUT2D eigenvalue weighted by molar-refractivity contribution is -0.121. The maximum absolute atomic E-state index is 13.6. The van der Waals surface area contributed by atoms with Gasteiger partial charge < -0.3 is 15.0 Å². The number of carbonyl (C=O) groups excluding carboxylic acids is 2. The van der Waals surface area contributed by atoms with Gasteiger partial charge in [-0.05, 0) is 49.1 Å². The van der Waals surface area contributed by atoms with Crippen molar-refractivity contribution < 1.29 is 14.3 Å². The largest absolute Gasteiger partial charge is 0.383 e. The molecule has 1 fully saturated rings. The highest BCUT2D eigenvalue weighted by Crippen LogP contribution is 2.50. The van der Waals surface area contributed by atoms with Crippen molar-refractivity contribution in [3.63, 3.8) is 0 Å². The number of hydrogen-bond acceptors (Lipinski definition) is 4. The number of rotatable bonds is 5. The summed E-state index contributed by atoms with van der Waals surface area (Å²) in [6, 6.07) is 11.3. The molecule has 6 nitrogen and oxygen atoms in total. The van der Waals surface area contributed by atoms with E-state index in [9.17, 15) is 9.59 Å². The minimum Gasteiger partial charge on any atom is -0.383 e. The van der Waals surface area contributed by atoms with Crippen molar-refractivity contribution in [2.75, 3.05) is 25.6 Å². The Bertz CT molecular complexity index is 921. The maximum atomic E-state index is 13.6. The summed E-state index contributed by atoms with van der Waals surface area (Å²) >= 11 is 0. The molecule has 0 saturated heterocycles. The van der Waals surface area contributed by atoms with Crippen LogP contribution in [0.25, 0.3) is 0 Å². The van der Waals surface area contributed by atoms with Crippen molar-refractivity contribution in [2.45, 2.75) is 44.1 Å². The van der Waals surface area contributed by atoms with E-state index in [1.54, 1.807) is 13.3 Å². The van der Waals surface area contributed by atoms with Crippen molar-refractivity contribution in [3.8, 4) is 0 Å². The van der Waals surface area contributed by atoms with Crippen molar-refractivity contribution in [2.24, 2.45) is 0 Å². The SMILES string of the molecule is COCCN1C(=O)c2ccccc2C(C(=O)Nc2cc(C)ccn2)C12CCCC2. The van der Waals surface area contributed by atoms with Crippen LogP contribution in [0.4, 0.5) is 5.82 Å². The lowest BCUT2D eigenvalue weighted by Gasteiger charge is -2.50. The first-order valence-corrected chi connectivity index (χ1v) is 10.2. The van der Waals surface area contributed by atoms with Gasteiger partial charge in [0.05, 0.1) is 18.1 Å². The summed E-state index contributed by atoms with van der Waals surface area (Å²) in [5, 5.41) is 3.02. The summed E-state index contributed by atoms with van der Waals surface area (Å²) < 4.78 is 5.28. The molecule has 1 atom stereocenters. The molecule has 1 unspecified atom stereocenters. The number of aromatic nitrogens is 1. The molecule has 2 amide bonds. The van der Waals surface area contributed by atoms with Gasteiger partial charge in [0, 0.05) is 25.4 Å². The number of ether oxygens (including phenoxy) is 1. The normalized spacial score (nSPS) is 20.0. The molecule has 4 rings (SSSR count). The summed E-state index contributed by atoms with van der Waals surface area (Å²) in [6.07, 6.45) is 5.34. The van der Waals surface area contributed by atoms with Gasteiger partial charge in [0.25, 0.3) is 5.91 Å². The van der Waals surface area contributed by atoms with E-state index in [4.69, 9.17) is 4.74 Å². The van der Waals surface area contributed by atoms with Crippen molar-refractivity contribution in [3.05, 3.63) is 59.3 Å². The number of methoxy groups -OCH3 is 1. The number of aryl methyl sites for hydroxylation is 1. The van der Waals surface area contributed by atoms with Gasteiger partial charge in [-0.2, -0.15) is 0 Å². The lowest BCUT2D eigenvalue weighted by Crippen LogP contribution is -2.60. The van der Waals surface area contributed by atoms with Crippen LogP contribution in [-0.2, 0) is 9.53 Å². The first kappa shape index (κ1) is 19.6. The Hall–Kier alpha value is -2.73. The Morgan fingerprint density at radius 3 is 2.76 bits per heavy atom. The Balaban J connectivity index is 1.78. The number of carbonyl (C=O) groups is 2. The molecule has 1 saturated carbocycles. The van der Waals surface area contributed by atoms with Crippen LogP contribution in [0.3, 0.4) is 0 Å². The van der Waals surface area contributed by atoms with E-state index in [0.717, 1.165) is 36.8 Å². The highest BCUT2D eigenvalue weighted by atomic mass is 16.5. The molecule has 152 valence electrons. The Kier molecular flexibility index (Phi) is 5.37. The van der Waals surface area contributed by atoms with Crippen LogP contribution in [0.1, 0.15) is 53.1 Å². The molecular formula is C23H27N3O3. The molecule has 1 aromatic heterocycles. The van der Waals surface area contributed by atoms with Crippen LogP contribution in [0.2, 0.25) is 0 Å². The van der Waals surface area contributed by atoms with Crippen LogP contribution in [-0.4, -0.2) is 47.5 Å². The zero-order valence-electron chi connectivity index (χ0n) is 17.0. The third-order valence-corrected chi connectivity index (χ3v) is 6.24. The number of hydrogen-bond donors (Lipinski definition) is 1. The summed E-state index contributed by atoms with van der Waals surface area (Å²) in [7, 11) is 1.64. The molecule has 0 bridgehead atoms. The van der Waals surface area contributed by atoms with Crippen LogP contribution in [0.15, 0.2) is 42.6 Å². The fourth-order valence-corrected chi connectivity index (χ4v) is 4.98. The van der Waals surface area contributed by atoms with Crippen molar-refractivity contribution in [1.82, 2.24) is 9.88 Å². The number of anilines is 1. The van der Waals surface area contributed by atoms with Gasteiger partial charge in [-0.1, -0.05) is 31.0 Å². The topological polar surface area (TPSA) is 71.5 Å². The predicted octanol–water partition coefficient (Wildman–Crippen LogP) is 3.53. The quantitative estimate of drug-likeness (QED) is 0.844. The van der Waals surface area contributed by atoms with Crippen LogP contribution in [0, 0.1) is 6.92 Å². The van der Waals surface area contributed by atoms with E-state index in [1.807, 2.05) is 48.2 Å². The summed E-state index contributed by atoms with van der Waals surface area (Å²) in [4.78, 5) is 33.2. The molecule has 1 aliphatic carbocycles. The van der Waals surface area contributed by atoms with Gasteiger partial charge in [-0.15, -0.1) is 0 Å². The highest BCUT2D eigenvalue weighted by Gasteiger charge is 2.55. The average molecular weight is 393 g/mol. The fraction of sp³-hybridized carbons (Fsp3) is 0.435. The molecule has 0 radical (unpaired) electrons. The molecule has 2 aromatic rings. The van der Waals surface area contributed by atoms with Gasteiger partial charge in [0.2, 0.25) is 5.91 Å². The molecule has 1 aromatic carbocycles. The fourth-order valence-electron chi connectivity index (χ4n) is 4.98. The second-order valence-corrected chi connectivity index (χ2v) is 7.99. The minimum atomic E-state index is -0.516. The minimum absolute atomic E-state index is 0.00252. The Labute approximate surface area is 171 Å². The van der Waals surface area contributed by atoms with Crippen LogP contribution >= 0.6 is 0 Å². The van der Waals surface area contributed by atoms with Crippen LogP contribution < -0.4 is 5.32 Å². The smallest absolute Gasteiger partial charge is 0.254 e. The number of benzene rings is 1. The molecule has 6 heteroatoms. The molecule has 1 spiro atoms. The van der Waals surface area contributed by atoms with Crippen molar-refractivity contribution >= 4 is 17.6 Å². The van der Waals surface area contributed by atoms with Crippen LogP contribution in [0.5, 0.6) is 0 Å². The number of amides is 2.